The molecule has 3 rings (SSSR count). The highest BCUT2D eigenvalue weighted by Gasteiger charge is 2.19. The minimum absolute atomic E-state index is 0.622. The van der Waals surface area contributed by atoms with Crippen molar-refractivity contribution in [2.75, 3.05) is 5.32 Å². The van der Waals surface area contributed by atoms with Gasteiger partial charge < -0.3 is 5.32 Å². The van der Waals surface area contributed by atoms with E-state index in [1.165, 1.54) is 37.8 Å². The van der Waals surface area contributed by atoms with Crippen LogP contribution < -0.4 is 5.32 Å². The van der Waals surface area contributed by atoms with Gasteiger partial charge in [0.05, 0.1) is 11.0 Å². The van der Waals surface area contributed by atoms with E-state index in [0.717, 1.165) is 17.0 Å². The first-order valence-electron chi connectivity index (χ1n) is 7.32. The summed E-state index contributed by atoms with van der Waals surface area (Å²) in [5.41, 5.74) is 3.10. The van der Waals surface area contributed by atoms with E-state index in [1.807, 2.05) is 6.07 Å². The van der Waals surface area contributed by atoms with Crippen LogP contribution in [-0.2, 0) is 0 Å². The van der Waals surface area contributed by atoms with Gasteiger partial charge in [-0.15, -0.1) is 0 Å². The van der Waals surface area contributed by atoms with Crippen molar-refractivity contribution < 1.29 is 0 Å². The monoisotopic (exact) mass is 255 g/mol. The van der Waals surface area contributed by atoms with Crippen LogP contribution in [0.1, 0.15) is 39.0 Å². The summed E-state index contributed by atoms with van der Waals surface area (Å²) in [6, 6.07) is 6.89. The van der Waals surface area contributed by atoms with Crippen LogP contribution in [0.3, 0.4) is 0 Å². The van der Waals surface area contributed by atoms with Gasteiger partial charge in [0.1, 0.15) is 0 Å². The lowest BCUT2D eigenvalue weighted by Crippen LogP contribution is -2.25. The molecule has 1 saturated carbocycles. The van der Waals surface area contributed by atoms with Gasteiger partial charge in [0.2, 0.25) is 0 Å². The molecule has 0 saturated heterocycles. The number of hydrogen-bond donors (Lipinski definition) is 1. The van der Waals surface area contributed by atoms with Gasteiger partial charge in [-0.2, -0.15) is 0 Å². The van der Waals surface area contributed by atoms with Gasteiger partial charge in [-0.25, -0.2) is 0 Å². The van der Waals surface area contributed by atoms with Crippen molar-refractivity contribution in [3.05, 3.63) is 30.6 Å². The Hall–Kier alpha value is -1.64. The van der Waals surface area contributed by atoms with Gasteiger partial charge in [-0.1, -0.05) is 13.3 Å². The Labute approximate surface area is 114 Å². The van der Waals surface area contributed by atoms with Crippen LogP contribution in [0, 0.1) is 5.92 Å². The van der Waals surface area contributed by atoms with E-state index in [-0.39, 0.29) is 0 Å². The standard InChI is InChI=1S/C16H21N3/c1-2-12-3-5-13(6-4-12)19-14-7-8-15-16(11-14)18-10-9-17-15/h7-13,19H,2-6H2,1H3. The average molecular weight is 255 g/mol. The first-order valence-corrected chi connectivity index (χ1v) is 7.32. The van der Waals surface area contributed by atoms with Crippen LogP contribution in [0.4, 0.5) is 5.69 Å². The normalized spacial score (nSPS) is 23.4. The number of anilines is 1. The van der Waals surface area contributed by atoms with Gasteiger partial charge >= 0.3 is 0 Å². The van der Waals surface area contributed by atoms with Gasteiger partial charge in [0, 0.05) is 24.1 Å². The van der Waals surface area contributed by atoms with Crippen molar-refractivity contribution in [1.82, 2.24) is 9.97 Å². The lowest BCUT2D eigenvalue weighted by molar-refractivity contribution is 0.330. The van der Waals surface area contributed by atoms with E-state index in [0.29, 0.717) is 6.04 Å². The van der Waals surface area contributed by atoms with Crippen molar-refractivity contribution in [3.63, 3.8) is 0 Å². The van der Waals surface area contributed by atoms with Crippen LogP contribution in [0.2, 0.25) is 0 Å². The minimum Gasteiger partial charge on any atom is -0.382 e. The number of nitrogens with one attached hydrogen (secondary N) is 1. The molecule has 1 heterocycles. The first kappa shape index (κ1) is 12.4. The van der Waals surface area contributed by atoms with E-state index in [1.54, 1.807) is 12.4 Å². The maximum atomic E-state index is 4.36. The first-order chi connectivity index (χ1) is 9.35. The molecule has 1 fully saturated rings. The molecule has 19 heavy (non-hydrogen) atoms. The fraction of sp³-hybridized carbons (Fsp3) is 0.500. The molecule has 1 aromatic carbocycles. The van der Waals surface area contributed by atoms with Crippen LogP contribution in [-0.4, -0.2) is 16.0 Å². The molecule has 1 aliphatic rings. The predicted octanol–water partition coefficient (Wildman–Crippen LogP) is 4.01. The van der Waals surface area contributed by atoms with Crippen molar-refractivity contribution in [2.24, 2.45) is 5.92 Å². The molecule has 0 amide bonds. The van der Waals surface area contributed by atoms with E-state index >= 15 is 0 Å². The average Bonchev–Trinajstić information content (AvgIpc) is 2.48. The molecular weight excluding hydrogens is 234 g/mol. The Kier molecular flexibility index (Phi) is 3.62. The zero-order valence-corrected chi connectivity index (χ0v) is 11.5. The Morgan fingerprint density at radius 2 is 1.79 bits per heavy atom. The summed E-state index contributed by atoms with van der Waals surface area (Å²) in [4.78, 5) is 8.66. The number of hydrogen-bond acceptors (Lipinski definition) is 3. The van der Waals surface area contributed by atoms with Gasteiger partial charge in [-0.05, 0) is 49.8 Å². The van der Waals surface area contributed by atoms with Crippen molar-refractivity contribution in [1.29, 1.82) is 0 Å². The predicted molar refractivity (Wildman–Crippen MR) is 79.2 cm³/mol. The summed E-state index contributed by atoms with van der Waals surface area (Å²) in [5, 5.41) is 3.65. The molecule has 3 heteroatoms. The zero-order chi connectivity index (χ0) is 13.1. The van der Waals surface area contributed by atoms with Crippen LogP contribution in [0.15, 0.2) is 30.6 Å². The summed E-state index contributed by atoms with van der Waals surface area (Å²) in [6.45, 7) is 2.31. The second-order valence-electron chi connectivity index (χ2n) is 5.53. The Morgan fingerprint density at radius 3 is 2.53 bits per heavy atom. The number of nitrogens with zero attached hydrogens (tertiary/aromatic N) is 2. The largest absolute Gasteiger partial charge is 0.382 e. The van der Waals surface area contributed by atoms with Crippen molar-refractivity contribution in [2.45, 2.75) is 45.1 Å². The molecule has 100 valence electrons. The Balaban J connectivity index is 1.68. The number of rotatable bonds is 3. The highest BCUT2D eigenvalue weighted by atomic mass is 14.9. The number of benzene rings is 1. The molecule has 1 aromatic heterocycles. The molecule has 0 radical (unpaired) electrons. The molecule has 0 atom stereocenters. The molecule has 1 N–H and O–H groups in total. The summed E-state index contributed by atoms with van der Waals surface area (Å²) in [7, 11) is 0. The molecular formula is C16H21N3. The second-order valence-corrected chi connectivity index (χ2v) is 5.53. The molecule has 0 spiro atoms. The summed E-state index contributed by atoms with van der Waals surface area (Å²) in [5.74, 6) is 0.945. The fourth-order valence-corrected chi connectivity index (χ4v) is 3.00. The molecule has 0 aliphatic heterocycles. The third-order valence-corrected chi connectivity index (χ3v) is 4.26. The Morgan fingerprint density at radius 1 is 1.05 bits per heavy atom. The van der Waals surface area contributed by atoms with Gasteiger partial charge in [0.15, 0.2) is 0 Å². The highest BCUT2D eigenvalue weighted by molar-refractivity contribution is 5.78. The van der Waals surface area contributed by atoms with Crippen LogP contribution in [0.25, 0.3) is 11.0 Å². The highest BCUT2D eigenvalue weighted by Crippen LogP contribution is 2.28. The van der Waals surface area contributed by atoms with Crippen molar-refractivity contribution >= 4 is 16.7 Å². The molecule has 3 nitrogen and oxygen atoms in total. The van der Waals surface area contributed by atoms with Gasteiger partial charge in [0.25, 0.3) is 0 Å². The summed E-state index contributed by atoms with van der Waals surface area (Å²) in [6.07, 6.45) is 10.1. The molecule has 0 unspecified atom stereocenters. The molecule has 0 bridgehead atoms. The quantitative estimate of drug-likeness (QED) is 0.900. The lowest BCUT2D eigenvalue weighted by Gasteiger charge is -2.29. The van der Waals surface area contributed by atoms with Gasteiger partial charge in [-0.3, -0.25) is 9.97 Å². The Bertz CT molecular complexity index is 544. The summed E-state index contributed by atoms with van der Waals surface area (Å²) >= 11 is 0. The van der Waals surface area contributed by atoms with Crippen LogP contribution >= 0.6 is 0 Å². The fourth-order valence-electron chi connectivity index (χ4n) is 3.00. The summed E-state index contributed by atoms with van der Waals surface area (Å²) < 4.78 is 0. The van der Waals surface area contributed by atoms with E-state index in [9.17, 15) is 0 Å². The number of aromatic nitrogens is 2. The van der Waals surface area contributed by atoms with E-state index < -0.39 is 0 Å². The van der Waals surface area contributed by atoms with Crippen molar-refractivity contribution in [3.8, 4) is 0 Å². The third kappa shape index (κ3) is 2.86. The SMILES string of the molecule is CCC1CCC(Nc2ccc3nccnc3c2)CC1. The smallest absolute Gasteiger partial charge is 0.0907 e. The number of fused-ring (bicyclic) bond motifs is 1. The third-order valence-electron chi connectivity index (χ3n) is 4.26. The molecule has 2 aromatic rings. The van der Waals surface area contributed by atoms with E-state index in [2.05, 4.69) is 34.3 Å². The lowest BCUT2D eigenvalue weighted by atomic mass is 9.84. The minimum atomic E-state index is 0.622. The topological polar surface area (TPSA) is 37.8 Å². The van der Waals surface area contributed by atoms with Crippen LogP contribution in [0.5, 0.6) is 0 Å². The zero-order valence-electron chi connectivity index (χ0n) is 11.5. The second kappa shape index (κ2) is 5.55. The maximum absolute atomic E-state index is 4.36. The maximum Gasteiger partial charge on any atom is 0.0907 e. The molecule has 1 aliphatic carbocycles. The van der Waals surface area contributed by atoms with E-state index in [4.69, 9.17) is 0 Å².